The Balaban J connectivity index is 1.74. The Kier molecular flexibility index (Phi) is 4.17. The number of nitrogens with zero attached hydrogens (tertiary/aromatic N) is 5. The predicted octanol–water partition coefficient (Wildman–Crippen LogP) is 2.84. The lowest BCUT2D eigenvalue weighted by Gasteiger charge is -2.24. The van der Waals surface area contributed by atoms with Crippen molar-refractivity contribution in [3.05, 3.63) is 42.4 Å². The molecule has 29 heavy (non-hydrogen) atoms. The minimum atomic E-state index is -1.06. The molecule has 5 heterocycles. The Morgan fingerprint density at radius 1 is 1.38 bits per heavy atom. The van der Waals surface area contributed by atoms with Crippen LogP contribution in [0, 0.1) is 0 Å². The van der Waals surface area contributed by atoms with E-state index in [-0.39, 0.29) is 11.6 Å². The zero-order valence-electron chi connectivity index (χ0n) is 15.9. The fourth-order valence-corrected chi connectivity index (χ4v) is 3.94. The van der Waals surface area contributed by atoms with E-state index in [9.17, 15) is 9.90 Å². The molecule has 1 unspecified atom stereocenters. The standard InChI is InChI=1S/C20H20N6O3/c1-21-17-8-16(24-19-14(20(27)28)9-23-26(17)19)15-10-25(12-4-3-7-29-11-12)18-13(15)5-2-6-22-18/h2,5-6,8-10,12,21H,3-4,7,11H2,1H3,(H,27,28). The lowest BCUT2D eigenvalue weighted by Crippen LogP contribution is -2.20. The molecule has 148 valence electrons. The fraction of sp³-hybridized carbons (Fsp3) is 0.300. The highest BCUT2D eigenvalue weighted by Gasteiger charge is 2.23. The van der Waals surface area contributed by atoms with Gasteiger partial charge in [-0.25, -0.2) is 14.8 Å². The van der Waals surface area contributed by atoms with E-state index in [1.807, 2.05) is 24.4 Å². The molecule has 1 aliphatic rings. The Hall–Kier alpha value is -3.46. The molecule has 1 atom stereocenters. The Labute approximate surface area is 166 Å². The summed E-state index contributed by atoms with van der Waals surface area (Å²) in [5.74, 6) is -0.404. The lowest BCUT2D eigenvalue weighted by atomic mass is 10.1. The SMILES string of the molecule is CNc1cc(-c2cn(C3CCCOC3)c3ncccc23)nc2c(C(=O)O)cnn12. The summed E-state index contributed by atoms with van der Waals surface area (Å²) in [6.45, 7) is 1.44. The van der Waals surface area contributed by atoms with E-state index in [4.69, 9.17) is 4.74 Å². The van der Waals surface area contributed by atoms with E-state index >= 15 is 0 Å². The van der Waals surface area contributed by atoms with Gasteiger partial charge in [-0.3, -0.25) is 0 Å². The largest absolute Gasteiger partial charge is 0.477 e. The highest BCUT2D eigenvalue weighted by Crippen LogP contribution is 2.34. The number of aromatic carboxylic acids is 1. The summed E-state index contributed by atoms with van der Waals surface area (Å²) in [6, 6.07) is 5.99. The van der Waals surface area contributed by atoms with E-state index in [0.717, 1.165) is 36.0 Å². The molecule has 4 aromatic heterocycles. The van der Waals surface area contributed by atoms with Crippen LogP contribution in [0.1, 0.15) is 29.2 Å². The van der Waals surface area contributed by atoms with Crippen LogP contribution in [0.5, 0.6) is 0 Å². The average Bonchev–Trinajstić information content (AvgIpc) is 3.35. The molecule has 1 saturated heterocycles. The molecule has 0 saturated carbocycles. The second-order valence-electron chi connectivity index (χ2n) is 7.07. The van der Waals surface area contributed by atoms with Crippen molar-refractivity contribution >= 4 is 28.5 Å². The van der Waals surface area contributed by atoms with Crippen LogP contribution in [0.3, 0.4) is 0 Å². The van der Waals surface area contributed by atoms with Gasteiger partial charge in [0.15, 0.2) is 5.65 Å². The minimum absolute atomic E-state index is 0.0610. The number of fused-ring (bicyclic) bond motifs is 2. The molecule has 0 spiro atoms. The van der Waals surface area contributed by atoms with Crippen molar-refractivity contribution in [1.29, 1.82) is 0 Å². The van der Waals surface area contributed by atoms with Gasteiger partial charge in [0.2, 0.25) is 0 Å². The van der Waals surface area contributed by atoms with Crippen molar-refractivity contribution in [2.75, 3.05) is 25.6 Å². The van der Waals surface area contributed by atoms with Crippen molar-refractivity contribution in [3.63, 3.8) is 0 Å². The third kappa shape index (κ3) is 2.82. The van der Waals surface area contributed by atoms with Gasteiger partial charge < -0.3 is 19.7 Å². The maximum absolute atomic E-state index is 11.6. The summed E-state index contributed by atoms with van der Waals surface area (Å²) in [5, 5.41) is 17.7. The predicted molar refractivity (Wildman–Crippen MR) is 107 cm³/mol. The normalized spacial score (nSPS) is 17.1. The Bertz CT molecular complexity index is 1220. The second kappa shape index (κ2) is 6.85. The summed E-state index contributed by atoms with van der Waals surface area (Å²) >= 11 is 0. The number of hydrogen-bond donors (Lipinski definition) is 2. The maximum atomic E-state index is 11.6. The van der Waals surface area contributed by atoms with Gasteiger partial charge in [0.25, 0.3) is 0 Å². The van der Waals surface area contributed by atoms with Crippen molar-refractivity contribution < 1.29 is 14.6 Å². The van der Waals surface area contributed by atoms with E-state index in [2.05, 4.69) is 25.0 Å². The highest BCUT2D eigenvalue weighted by molar-refractivity contribution is 5.97. The van der Waals surface area contributed by atoms with Crippen molar-refractivity contribution in [2.24, 2.45) is 0 Å². The van der Waals surface area contributed by atoms with Crippen LogP contribution in [0.2, 0.25) is 0 Å². The molecule has 0 aliphatic carbocycles. The Morgan fingerprint density at radius 2 is 2.28 bits per heavy atom. The van der Waals surface area contributed by atoms with Crippen LogP contribution >= 0.6 is 0 Å². The van der Waals surface area contributed by atoms with Gasteiger partial charge in [0.1, 0.15) is 17.0 Å². The number of carbonyl (C=O) groups is 1. The maximum Gasteiger partial charge on any atom is 0.341 e. The van der Waals surface area contributed by atoms with Crippen molar-refractivity contribution in [3.8, 4) is 11.3 Å². The molecular formula is C20H20N6O3. The van der Waals surface area contributed by atoms with E-state index in [0.29, 0.717) is 23.8 Å². The summed E-state index contributed by atoms with van der Waals surface area (Å²) in [4.78, 5) is 20.9. The summed E-state index contributed by atoms with van der Waals surface area (Å²) in [7, 11) is 1.77. The first kappa shape index (κ1) is 17.6. The van der Waals surface area contributed by atoms with Crippen LogP contribution < -0.4 is 5.32 Å². The van der Waals surface area contributed by atoms with Gasteiger partial charge in [-0.05, 0) is 25.0 Å². The minimum Gasteiger partial charge on any atom is -0.477 e. The molecule has 1 fully saturated rings. The number of hydrogen-bond acceptors (Lipinski definition) is 6. The van der Waals surface area contributed by atoms with Crippen LogP contribution in [0.4, 0.5) is 5.82 Å². The third-order valence-corrected chi connectivity index (χ3v) is 5.35. The monoisotopic (exact) mass is 392 g/mol. The number of aromatic nitrogens is 5. The van der Waals surface area contributed by atoms with Crippen molar-refractivity contribution in [2.45, 2.75) is 18.9 Å². The first-order chi connectivity index (χ1) is 14.2. The third-order valence-electron chi connectivity index (χ3n) is 5.35. The lowest BCUT2D eigenvalue weighted by molar-refractivity contribution is 0.0605. The first-order valence-corrected chi connectivity index (χ1v) is 9.51. The van der Waals surface area contributed by atoms with Gasteiger partial charge in [-0.2, -0.15) is 9.61 Å². The fourth-order valence-electron chi connectivity index (χ4n) is 3.94. The number of carboxylic acid groups (broad SMARTS) is 1. The van der Waals surface area contributed by atoms with Gasteiger partial charge in [-0.15, -0.1) is 0 Å². The van der Waals surface area contributed by atoms with Crippen LogP contribution in [0.25, 0.3) is 27.9 Å². The van der Waals surface area contributed by atoms with E-state index in [1.54, 1.807) is 13.2 Å². The Morgan fingerprint density at radius 3 is 3.03 bits per heavy atom. The van der Waals surface area contributed by atoms with E-state index < -0.39 is 5.97 Å². The summed E-state index contributed by atoms with van der Waals surface area (Å²) in [5.41, 5.74) is 2.79. The molecule has 5 rings (SSSR count). The first-order valence-electron chi connectivity index (χ1n) is 9.51. The number of carboxylic acids is 1. The number of anilines is 1. The molecule has 2 N–H and O–H groups in total. The summed E-state index contributed by atoms with van der Waals surface area (Å²) < 4.78 is 9.33. The zero-order chi connectivity index (χ0) is 20.0. The molecular weight excluding hydrogens is 372 g/mol. The van der Waals surface area contributed by atoms with Gasteiger partial charge in [0.05, 0.1) is 24.5 Å². The number of ether oxygens (including phenoxy) is 1. The molecule has 0 bridgehead atoms. The number of nitrogens with one attached hydrogen (secondary N) is 1. The highest BCUT2D eigenvalue weighted by atomic mass is 16.5. The molecule has 0 radical (unpaired) electrons. The molecule has 0 aromatic carbocycles. The van der Waals surface area contributed by atoms with Crippen LogP contribution in [0.15, 0.2) is 36.8 Å². The molecule has 9 heteroatoms. The number of rotatable bonds is 4. The van der Waals surface area contributed by atoms with Crippen LogP contribution in [-0.2, 0) is 4.74 Å². The van der Waals surface area contributed by atoms with Gasteiger partial charge in [-0.1, -0.05) is 0 Å². The van der Waals surface area contributed by atoms with Gasteiger partial charge in [0, 0.05) is 43.1 Å². The number of pyridine rings is 1. The zero-order valence-corrected chi connectivity index (χ0v) is 15.9. The van der Waals surface area contributed by atoms with Crippen LogP contribution in [-0.4, -0.2) is 55.5 Å². The molecule has 1 aliphatic heterocycles. The molecule has 4 aromatic rings. The van der Waals surface area contributed by atoms with E-state index in [1.165, 1.54) is 10.7 Å². The summed E-state index contributed by atoms with van der Waals surface area (Å²) in [6.07, 6.45) is 7.19. The molecule has 0 amide bonds. The van der Waals surface area contributed by atoms with Crippen molar-refractivity contribution in [1.82, 2.24) is 24.1 Å². The topological polar surface area (TPSA) is 107 Å². The smallest absolute Gasteiger partial charge is 0.341 e. The second-order valence-corrected chi connectivity index (χ2v) is 7.07. The quantitative estimate of drug-likeness (QED) is 0.550. The molecule has 9 nitrogen and oxygen atoms in total. The average molecular weight is 392 g/mol. The van der Waals surface area contributed by atoms with Gasteiger partial charge >= 0.3 is 5.97 Å².